The fraction of sp³-hybridized carbons (Fsp3) is 0.344. The fourth-order valence-electron chi connectivity index (χ4n) is 5.50. The number of anilines is 1. The van der Waals surface area contributed by atoms with Crippen LogP contribution in [-0.4, -0.2) is 45.3 Å². The molecule has 2 heterocycles. The van der Waals surface area contributed by atoms with Gasteiger partial charge in [-0.15, -0.1) is 0 Å². The summed E-state index contributed by atoms with van der Waals surface area (Å²) in [6, 6.07) is 19.8. The molecule has 9 nitrogen and oxygen atoms in total. The van der Waals surface area contributed by atoms with Crippen molar-refractivity contribution >= 4 is 18.1 Å². The molecule has 0 atom stereocenters. The van der Waals surface area contributed by atoms with Crippen molar-refractivity contribution in [3.63, 3.8) is 0 Å². The Morgan fingerprint density at radius 1 is 1.12 bits per heavy atom. The van der Waals surface area contributed by atoms with Gasteiger partial charge in [0.25, 0.3) is 0 Å². The number of hydrogen-bond donors (Lipinski definition) is 4. The molecule has 9 heteroatoms. The lowest BCUT2D eigenvalue weighted by molar-refractivity contribution is -0.131. The fourth-order valence-corrected chi connectivity index (χ4v) is 5.50. The molecule has 1 aliphatic carbocycles. The van der Waals surface area contributed by atoms with Crippen molar-refractivity contribution < 1.29 is 19.7 Å². The van der Waals surface area contributed by atoms with Gasteiger partial charge < -0.3 is 20.3 Å². The molecule has 2 aromatic carbocycles. The summed E-state index contributed by atoms with van der Waals surface area (Å²) in [4.78, 5) is 22.3. The predicted octanol–water partition coefficient (Wildman–Crippen LogP) is 5.02. The van der Waals surface area contributed by atoms with Crippen LogP contribution in [0.2, 0.25) is 0 Å². The first-order chi connectivity index (χ1) is 19.5. The van der Waals surface area contributed by atoms with Crippen molar-refractivity contribution in [2.45, 2.75) is 63.7 Å². The summed E-state index contributed by atoms with van der Waals surface area (Å²) < 4.78 is 5.50. The minimum atomic E-state index is -1.27. The molecular weight excluding hydrogens is 518 g/mol. The van der Waals surface area contributed by atoms with Crippen molar-refractivity contribution in [3.05, 3.63) is 83.7 Å². The van der Waals surface area contributed by atoms with Crippen LogP contribution >= 0.6 is 0 Å². The van der Waals surface area contributed by atoms with E-state index in [2.05, 4.69) is 10.3 Å². The summed E-state index contributed by atoms with van der Waals surface area (Å²) in [5.74, 6) is 7.68. The molecule has 214 valence electrons. The van der Waals surface area contributed by atoms with Gasteiger partial charge in [-0.05, 0) is 50.5 Å². The zero-order valence-corrected chi connectivity index (χ0v) is 23.9. The number of rotatable bonds is 6. The van der Waals surface area contributed by atoms with Crippen LogP contribution in [0.4, 0.5) is 10.6 Å². The molecule has 5 rings (SSSR count). The highest BCUT2D eigenvalue weighted by atomic mass is 16.6. The van der Waals surface area contributed by atoms with Crippen molar-refractivity contribution in [2.24, 2.45) is 10.8 Å². The minimum absolute atomic E-state index is 0.162. The molecule has 1 amide bonds. The number of nitrogens with one attached hydrogen (secondary N) is 1. The van der Waals surface area contributed by atoms with Gasteiger partial charge in [0.1, 0.15) is 11.4 Å². The highest BCUT2D eigenvalue weighted by molar-refractivity contribution is 5.95. The van der Waals surface area contributed by atoms with Crippen LogP contribution in [0.5, 0.6) is 0 Å². The molecule has 2 aliphatic rings. The van der Waals surface area contributed by atoms with Crippen LogP contribution in [0.3, 0.4) is 0 Å². The molecule has 0 bridgehead atoms. The predicted molar refractivity (Wildman–Crippen MR) is 160 cm³/mol. The number of alkyl carbamates (subject to hydrolysis) is 1. The van der Waals surface area contributed by atoms with Gasteiger partial charge in [0.15, 0.2) is 5.82 Å². The molecule has 5 N–H and O–H groups in total. The van der Waals surface area contributed by atoms with Gasteiger partial charge in [0.05, 0.1) is 23.4 Å². The zero-order valence-electron chi connectivity index (χ0n) is 23.9. The van der Waals surface area contributed by atoms with E-state index < -0.39 is 29.4 Å². The first kappa shape index (κ1) is 28.5. The summed E-state index contributed by atoms with van der Waals surface area (Å²) in [5, 5.41) is 24.9. The Bertz CT molecular complexity index is 1490. The summed E-state index contributed by atoms with van der Waals surface area (Å²) >= 11 is 0. The maximum Gasteiger partial charge on any atom is 0.408 e. The number of amides is 1. The number of nitrogens with two attached hydrogens (primary N) is 1. The number of aliphatic hydroxyl groups excluding tert-OH is 1. The van der Waals surface area contributed by atoms with E-state index in [1.165, 1.54) is 5.01 Å². The molecule has 41 heavy (non-hydrogen) atoms. The Morgan fingerprint density at radius 2 is 1.80 bits per heavy atom. The number of hydrazine groups is 1. The third-order valence-corrected chi connectivity index (χ3v) is 7.32. The van der Waals surface area contributed by atoms with Crippen LogP contribution in [-0.2, 0) is 10.3 Å². The molecule has 1 aromatic heterocycles. The normalized spacial score (nSPS) is 22.7. The molecule has 3 aromatic rings. The first-order valence-electron chi connectivity index (χ1n) is 13.8. The molecule has 0 saturated heterocycles. The maximum atomic E-state index is 12.8. The third-order valence-electron chi connectivity index (χ3n) is 7.32. The number of allylic oxidation sites excluding steroid dienone is 1. The number of carbonyl (C=O) groups excluding carboxylic acids is 1. The van der Waals surface area contributed by atoms with Crippen molar-refractivity contribution in [2.75, 3.05) is 11.6 Å². The van der Waals surface area contributed by atoms with E-state index in [9.17, 15) is 15.0 Å². The molecular formula is C32H37N5O4. The summed E-state index contributed by atoms with van der Waals surface area (Å²) in [7, 11) is 0. The Hall–Kier alpha value is -4.05. The van der Waals surface area contributed by atoms with E-state index in [0.29, 0.717) is 11.6 Å². The molecule has 1 aliphatic heterocycles. The molecule has 0 radical (unpaired) electrons. The highest BCUT2D eigenvalue weighted by Crippen LogP contribution is 2.49. The summed E-state index contributed by atoms with van der Waals surface area (Å²) in [6.07, 6.45) is 4.27. The highest BCUT2D eigenvalue weighted by Gasteiger charge is 2.56. The van der Waals surface area contributed by atoms with E-state index in [1.54, 1.807) is 27.0 Å². The number of fused-ring (bicyclic) bond motifs is 1. The van der Waals surface area contributed by atoms with Crippen molar-refractivity contribution in [1.29, 1.82) is 0 Å². The minimum Gasteiger partial charge on any atom is -0.444 e. The number of aliphatic hydroxyl groups is 2. The summed E-state index contributed by atoms with van der Waals surface area (Å²) in [6.45, 7) is 7.02. The second-order valence-electron chi connectivity index (χ2n) is 11.8. The lowest BCUT2D eigenvalue weighted by Crippen LogP contribution is -2.64. The van der Waals surface area contributed by atoms with Crippen molar-refractivity contribution in [1.82, 2.24) is 10.3 Å². The number of aromatic nitrogens is 1. The van der Waals surface area contributed by atoms with Gasteiger partial charge >= 0.3 is 6.09 Å². The zero-order chi connectivity index (χ0) is 29.4. The number of ether oxygens (including phenoxy) is 1. The van der Waals surface area contributed by atoms with Crippen molar-refractivity contribution in [3.8, 4) is 22.4 Å². The lowest BCUT2D eigenvalue weighted by atomic mass is 9.62. The van der Waals surface area contributed by atoms with E-state index in [0.717, 1.165) is 39.9 Å². The van der Waals surface area contributed by atoms with E-state index in [-0.39, 0.29) is 12.8 Å². The van der Waals surface area contributed by atoms with Crippen LogP contribution in [0.1, 0.15) is 58.1 Å². The van der Waals surface area contributed by atoms with Gasteiger partial charge in [-0.25, -0.2) is 25.6 Å². The maximum absolute atomic E-state index is 12.8. The number of benzene rings is 2. The van der Waals surface area contributed by atoms with Gasteiger partial charge in [-0.2, -0.15) is 0 Å². The van der Waals surface area contributed by atoms with Crippen LogP contribution in [0.25, 0.3) is 22.4 Å². The topological polar surface area (TPSA) is 133 Å². The van der Waals surface area contributed by atoms with Gasteiger partial charge in [-0.3, -0.25) is 0 Å². The lowest BCUT2D eigenvalue weighted by Gasteiger charge is -2.53. The Balaban J connectivity index is 1.55. The second-order valence-corrected chi connectivity index (χ2v) is 11.8. The number of hydrogen-bond acceptors (Lipinski definition) is 8. The van der Waals surface area contributed by atoms with Gasteiger partial charge in [0, 0.05) is 35.7 Å². The van der Waals surface area contributed by atoms with E-state index in [1.807, 2.05) is 73.7 Å². The molecule has 1 saturated carbocycles. The van der Waals surface area contributed by atoms with E-state index >= 15 is 0 Å². The quantitative estimate of drug-likeness (QED) is 0.314. The second kappa shape index (κ2) is 10.7. The SMILES string of the molecule is CC/C=C1/N=Cc2cc(-c3ccccc3)c(-c3ccc(C4(NC(=O)OC(C)(C)C)CC(O)(CO)C4)cc3)nc2N1N. The first-order valence-corrected chi connectivity index (χ1v) is 13.8. The number of pyridine rings is 1. The molecule has 0 spiro atoms. The smallest absolute Gasteiger partial charge is 0.408 e. The Kier molecular flexibility index (Phi) is 7.46. The van der Waals surface area contributed by atoms with Crippen LogP contribution in [0.15, 0.2) is 77.6 Å². The average molecular weight is 556 g/mol. The van der Waals surface area contributed by atoms with Crippen LogP contribution in [0, 0.1) is 0 Å². The number of aliphatic imine (C=N–C) groups is 1. The average Bonchev–Trinajstić information content (AvgIpc) is 2.92. The standard InChI is InChI=1S/C32H37N5O4/c1-5-9-26-34-17-23-16-25(21-10-7-6-8-11-21)27(35-28(23)37(26)33)22-12-14-24(15-13-22)32(18-31(40,19-32)20-38)36-29(39)41-30(2,3)4/h6-17,38,40H,5,18-20,33H2,1-4H3,(H,36,39)/b26-9-. The third kappa shape index (κ3) is 5.74. The van der Waals surface area contributed by atoms with Gasteiger partial charge in [0.2, 0.25) is 0 Å². The van der Waals surface area contributed by atoms with Gasteiger partial charge in [-0.1, -0.05) is 61.5 Å². The Morgan fingerprint density at radius 3 is 2.41 bits per heavy atom. The molecule has 1 fully saturated rings. The largest absolute Gasteiger partial charge is 0.444 e. The summed E-state index contributed by atoms with van der Waals surface area (Å²) in [5.41, 5.74) is 2.32. The number of nitrogens with zero attached hydrogens (tertiary/aromatic N) is 3. The number of carbonyl (C=O) groups is 1. The Labute approximate surface area is 240 Å². The monoisotopic (exact) mass is 555 g/mol. The molecule has 0 unspecified atom stereocenters. The van der Waals surface area contributed by atoms with E-state index in [4.69, 9.17) is 15.6 Å². The van der Waals surface area contributed by atoms with Crippen LogP contribution < -0.4 is 16.2 Å².